The lowest BCUT2D eigenvalue weighted by Gasteiger charge is -2.15. The van der Waals surface area contributed by atoms with Crippen LogP contribution in [-0.4, -0.2) is 11.7 Å². The van der Waals surface area contributed by atoms with E-state index in [-0.39, 0.29) is 24.2 Å². The van der Waals surface area contributed by atoms with Gasteiger partial charge < -0.3 is 5.11 Å². The Bertz CT molecular complexity index is 569. The summed E-state index contributed by atoms with van der Waals surface area (Å²) in [6.45, 7) is -0.00885. The molecular weight excluding hydrogens is 282 g/mol. The van der Waals surface area contributed by atoms with Crippen LogP contribution in [0.1, 0.15) is 11.1 Å². The van der Waals surface area contributed by atoms with Crippen molar-refractivity contribution >= 4 is 11.6 Å². The van der Waals surface area contributed by atoms with E-state index in [1.54, 1.807) is 18.2 Å². The Morgan fingerprint density at radius 3 is 2.20 bits per heavy atom. The number of hydrogen-bond acceptors (Lipinski definition) is 1. The summed E-state index contributed by atoms with van der Waals surface area (Å²) in [5.41, 5.74) is 1.75. The molecule has 106 valence electrons. The molecule has 0 saturated heterocycles. The molecule has 2 aromatic carbocycles. The fraction of sp³-hybridized carbons (Fsp3) is 0.250. The van der Waals surface area contributed by atoms with Crippen molar-refractivity contribution in [1.29, 1.82) is 0 Å². The molecular formula is C16H15ClF2O. The van der Waals surface area contributed by atoms with Crippen molar-refractivity contribution in [3.63, 3.8) is 0 Å². The van der Waals surface area contributed by atoms with Gasteiger partial charge in [-0.15, -0.1) is 0 Å². The predicted octanol–water partition coefficient (Wildman–Crippen LogP) is 4.01. The summed E-state index contributed by atoms with van der Waals surface area (Å²) >= 11 is 5.98. The van der Waals surface area contributed by atoms with E-state index in [2.05, 4.69) is 0 Å². The number of aliphatic hydroxyl groups excluding tert-OH is 1. The molecule has 1 unspecified atom stereocenters. The van der Waals surface area contributed by atoms with Gasteiger partial charge in [0.05, 0.1) is 0 Å². The van der Waals surface area contributed by atoms with E-state index in [1.807, 2.05) is 0 Å². The van der Waals surface area contributed by atoms with E-state index in [4.69, 9.17) is 11.6 Å². The van der Waals surface area contributed by atoms with Crippen molar-refractivity contribution in [3.8, 4) is 0 Å². The van der Waals surface area contributed by atoms with Gasteiger partial charge in [-0.1, -0.05) is 29.8 Å². The maximum absolute atomic E-state index is 13.0. The van der Waals surface area contributed by atoms with Crippen molar-refractivity contribution in [2.45, 2.75) is 12.8 Å². The van der Waals surface area contributed by atoms with Crippen LogP contribution < -0.4 is 0 Å². The lowest BCUT2D eigenvalue weighted by molar-refractivity contribution is 0.225. The zero-order valence-corrected chi connectivity index (χ0v) is 11.6. The van der Waals surface area contributed by atoms with Crippen molar-refractivity contribution in [2.75, 3.05) is 6.61 Å². The average Bonchev–Trinajstić information content (AvgIpc) is 2.43. The normalized spacial score (nSPS) is 12.4. The molecule has 20 heavy (non-hydrogen) atoms. The van der Waals surface area contributed by atoms with E-state index in [0.29, 0.717) is 17.9 Å². The molecule has 0 saturated carbocycles. The summed E-state index contributed by atoms with van der Waals surface area (Å²) in [6.07, 6.45) is 1.16. The zero-order valence-electron chi connectivity index (χ0n) is 10.8. The second-order valence-corrected chi connectivity index (χ2v) is 5.23. The quantitative estimate of drug-likeness (QED) is 0.884. The fourth-order valence-electron chi connectivity index (χ4n) is 2.15. The van der Waals surface area contributed by atoms with Gasteiger partial charge >= 0.3 is 0 Å². The molecule has 1 atom stereocenters. The largest absolute Gasteiger partial charge is 0.396 e. The van der Waals surface area contributed by atoms with Gasteiger partial charge in [-0.3, -0.25) is 0 Å². The molecule has 0 aromatic heterocycles. The van der Waals surface area contributed by atoms with Crippen LogP contribution in [0.25, 0.3) is 0 Å². The fourth-order valence-corrected chi connectivity index (χ4v) is 2.40. The average molecular weight is 297 g/mol. The first-order chi connectivity index (χ1) is 9.58. The van der Waals surface area contributed by atoms with Gasteiger partial charge in [0, 0.05) is 11.6 Å². The lowest BCUT2D eigenvalue weighted by atomic mass is 9.93. The molecule has 2 rings (SSSR count). The number of aliphatic hydroxyl groups is 1. The monoisotopic (exact) mass is 296 g/mol. The maximum Gasteiger partial charge on any atom is 0.124 e. The first kappa shape index (κ1) is 14.9. The Balaban J connectivity index is 2.07. The minimum absolute atomic E-state index is 0.00885. The number of benzene rings is 2. The topological polar surface area (TPSA) is 20.2 Å². The van der Waals surface area contributed by atoms with Gasteiger partial charge in [-0.2, -0.15) is 0 Å². The van der Waals surface area contributed by atoms with Crippen molar-refractivity contribution in [3.05, 3.63) is 70.2 Å². The lowest BCUT2D eigenvalue weighted by Crippen LogP contribution is -2.13. The number of rotatable bonds is 5. The van der Waals surface area contributed by atoms with Crippen molar-refractivity contribution in [1.82, 2.24) is 0 Å². The van der Waals surface area contributed by atoms with Gasteiger partial charge in [0.2, 0.25) is 0 Å². The molecule has 4 heteroatoms. The maximum atomic E-state index is 13.0. The third-order valence-electron chi connectivity index (χ3n) is 3.22. The Morgan fingerprint density at radius 2 is 1.60 bits per heavy atom. The Morgan fingerprint density at radius 1 is 0.950 bits per heavy atom. The van der Waals surface area contributed by atoms with Crippen molar-refractivity contribution in [2.24, 2.45) is 5.92 Å². The van der Waals surface area contributed by atoms with Gasteiger partial charge in [-0.05, 0) is 54.2 Å². The second kappa shape index (κ2) is 6.82. The summed E-state index contributed by atoms with van der Waals surface area (Å²) < 4.78 is 25.8. The van der Waals surface area contributed by atoms with Gasteiger partial charge in [-0.25, -0.2) is 8.78 Å². The predicted molar refractivity (Wildman–Crippen MR) is 75.8 cm³/mol. The summed E-state index contributed by atoms with van der Waals surface area (Å²) in [5, 5.41) is 9.82. The molecule has 0 bridgehead atoms. The minimum Gasteiger partial charge on any atom is -0.396 e. The highest BCUT2D eigenvalue weighted by molar-refractivity contribution is 6.31. The molecule has 1 nitrogen and oxygen atoms in total. The van der Waals surface area contributed by atoms with E-state index in [0.717, 1.165) is 11.1 Å². The molecule has 0 spiro atoms. The molecule has 0 radical (unpaired) electrons. The summed E-state index contributed by atoms with van der Waals surface area (Å²) in [4.78, 5) is 0. The van der Waals surface area contributed by atoms with Crippen molar-refractivity contribution < 1.29 is 13.9 Å². The molecule has 0 amide bonds. The molecule has 0 fully saturated rings. The Hall–Kier alpha value is -1.45. The second-order valence-electron chi connectivity index (χ2n) is 4.82. The molecule has 0 aliphatic heterocycles. The minimum atomic E-state index is -0.377. The SMILES string of the molecule is OCC(Cc1ccc(F)cc1)Cc1ccc(F)cc1Cl. The molecule has 1 N–H and O–H groups in total. The Kier molecular flexibility index (Phi) is 5.10. The van der Waals surface area contributed by atoms with Gasteiger partial charge in [0.25, 0.3) is 0 Å². The van der Waals surface area contributed by atoms with Crippen LogP contribution in [0.2, 0.25) is 5.02 Å². The Labute approximate surface area is 121 Å². The number of hydrogen-bond donors (Lipinski definition) is 1. The highest BCUT2D eigenvalue weighted by atomic mass is 35.5. The highest BCUT2D eigenvalue weighted by Gasteiger charge is 2.12. The standard InChI is InChI=1S/C16H15ClF2O/c17-16-9-15(19)6-3-13(16)8-12(10-20)7-11-1-4-14(18)5-2-11/h1-6,9,12,20H,7-8,10H2. The van der Waals surface area contributed by atoms with E-state index < -0.39 is 0 Å². The van der Waals surface area contributed by atoms with E-state index >= 15 is 0 Å². The van der Waals surface area contributed by atoms with Crippen LogP contribution in [0.4, 0.5) is 8.78 Å². The van der Waals surface area contributed by atoms with Crippen LogP contribution >= 0.6 is 11.6 Å². The summed E-state index contributed by atoms with van der Waals surface area (Å²) in [5.74, 6) is -0.697. The van der Waals surface area contributed by atoms with Gasteiger partial charge in [0.1, 0.15) is 11.6 Å². The van der Waals surface area contributed by atoms with Crippen LogP contribution in [0.3, 0.4) is 0 Å². The first-order valence-electron chi connectivity index (χ1n) is 6.37. The third kappa shape index (κ3) is 4.02. The highest BCUT2D eigenvalue weighted by Crippen LogP contribution is 2.22. The van der Waals surface area contributed by atoms with E-state index in [9.17, 15) is 13.9 Å². The molecule has 0 heterocycles. The summed E-state index contributed by atoms with van der Waals surface area (Å²) in [7, 11) is 0. The molecule has 0 aliphatic carbocycles. The first-order valence-corrected chi connectivity index (χ1v) is 6.75. The van der Waals surface area contributed by atoms with Crippen LogP contribution in [0, 0.1) is 17.6 Å². The third-order valence-corrected chi connectivity index (χ3v) is 3.57. The van der Waals surface area contributed by atoms with Crippen LogP contribution in [0.15, 0.2) is 42.5 Å². The zero-order chi connectivity index (χ0) is 14.5. The molecule has 2 aromatic rings. The van der Waals surface area contributed by atoms with E-state index in [1.165, 1.54) is 24.3 Å². The molecule has 0 aliphatic rings. The van der Waals surface area contributed by atoms with Crippen LogP contribution in [-0.2, 0) is 12.8 Å². The summed E-state index contributed by atoms with van der Waals surface area (Å²) in [6, 6.07) is 10.4. The number of halogens is 3. The smallest absolute Gasteiger partial charge is 0.124 e. The van der Waals surface area contributed by atoms with Gasteiger partial charge in [0.15, 0.2) is 0 Å². The van der Waals surface area contributed by atoms with Crippen LogP contribution in [0.5, 0.6) is 0 Å².